The number of amides is 1. The van der Waals surface area contributed by atoms with E-state index in [9.17, 15) is 4.79 Å². The van der Waals surface area contributed by atoms with Crippen LogP contribution in [0.1, 0.15) is 10.4 Å². The Hall–Kier alpha value is -3.33. The minimum atomic E-state index is -0.222. The molecule has 4 aromatic rings. The van der Waals surface area contributed by atoms with E-state index in [1.54, 1.807) is 48.0 Å². The van der Waals surface area contributed by atoms with Crippen LogP contribution in [0, 0.1) is 0 Å². The van der Waals surface area contributed by atoms with Gasteiger partial charge in [-0.05, 0) is 30.3 Å². The van der Waals surface area contributed by atoms with E-state index in [1.165, 1.54) is 22.2 Å². The molecule has 3 heterocycles. The molecule has 118 valence electrons. The number of hydrogen-bond donors (Lipinski definition) is 1. The molecule has 9 heteroatoms. The quantitative estimate of drug-likeness (QED) is 0.615. The number of carbonyl (C=O) groups is 1. The van der Waals surface area contributed by atoms with Gasteiger partial charge in [0.25, 0.3) is 5.91 Å². The Kier molecular flexibility index (Phi) is 3.60. The highest BCUT2D eigenvalue weighted by Gasteiger charge is 2.08. The number of benzene rings is 1. The molecule has 0 bridgehead atoms. The van der Waals surface area contributed by atoms with Crippen LogP contribution in [0.3, 0.4) is 0 Å². The predicted octanol–water partition coefficient (Wildman–Crippen LogP) is 2.63. The van der Waals surface area contributed by atoms with E-state index in [1.807, 2.05) is 0 Å². The van der Waals surface area contributed by atoms with E-state index in [0.717, 1.165) is 0 Å². The Labute approximate surface area is 139 Å². The molecule has 1 amide bonds. The highest BCUT2D eigenvalue weighted by Crippen LogP contribution is 2.20. The maximum atomic E-state index is 12.1. The number of nitrogens with one attached hydrogen (secondary N) is 1. The molecule has 0 atom stereocenters. The molecular formula is C15H10N6O2S. The molecule has 8 nitrogen and oxygen atoms in total. The van der Waals surface area contributed by atoms with Crippen molar-refractivity contribution in [2.75, 3.05) is 5.32 Å². The number of anilines is 1. The monoisotopic (exact) mass is 338 g/mol. The van der Waals surface area contributed by atoms with Gasteiger partial charge in [0.1, 0.15) is 12.1 Å². The van der Waals surface area contributed by atoms with Crippen LogP contribution in [-0.2, 0) is 0 Å². The summed E-state index contributed by atoms with van der Waals surface area (Å²) in [6, 6.07) is 10.2. The summed E-state index contributed by atoms with van der Waals surface area (Å²) in [6.07, 6.45) is 3.13. The zero-order valence-electron chi connectivity index (χ0n) is 12.2. The van der Waals surface area contributed by atoms with Crippen molar-refractivity contribution < 1.29 is 9.53 Å². The molecular weight excluding hydrogens is 328 g/mol. The van der Waals surface area contributed by atoms with Crippen molar-refractivity contribution >= 4 is 28.0 Å². The maximum Gasteiger partial charge on any atom is 0.257 e. The van der Waals surface area contributed by atoms with E-state index >= 15 is 0 Å². The molecule has 24 heavy (non-hydrogen) atoms. The van der Waals surface area contributed by atoms with Crippen molar-refractivity contribution in [3.8, 4) is 11.6 Å². The van der Waals surface area contributed by atoms with Crippen LogP contribution in [0.5, 0.6) is 11.6 Å². The fraction of sp³-hybridized carbons (Fsp3) is 0. The van der Waals surface area contributed by atoms with Crippen molar-refractivity contribution in [2.45, 2.75) is 0 Å². The average molecular weight is 338 g/mol. The lowest BCUT2D eigenvalue weighted by atomic mass is 10.2. The van der Waals surface area contributed by atoms with Gasteiger partial charge in [0, 0.05) is 23.2 Å². The van der Waals surface area contributed by atoms with Gasteiger partial charge in [0.2, 0.25) is 5.88 Å². The molecule has 0 aliphatic heterocycles. The van der Waals surface area contributed by atoms with Gasteiger partial charge >= 0.3 is 0 Å². The van der Waals surface area contributed by atoms with Gasteiger partial charge in [-0.1, -0.05) is 0 Å². The number of thiazole rings is 1. The molecule has 3 aromatic heterocycles. The van der Waals surface area contributed by atoms with Gasteiger partial charge in [-0.25, -0.2) is 4.98 Å². The molecule has 0 spiro atoms. The predicted molar refractivity (Wildman–Crippen MR) is 87.4 cm³/mol. The number of fused-ring (bicyclic) bond motifs is 1. The second kappa shape index (κ2) is 6.05. The lowest BCUT2D eigenvalue weighted by Crippen LogP contribution is -2.11. The molecule has 0 saturated carbocycles. The van der Waals surface area contributed by atoms with E-state index in [0.29, 0.717) is 28.0 Å². The summed E-state index contributed by atoms with van der Waals surface area (Å²) in [5, 5.41) is 16.9. The second-order valence-electron chi connectivity index (χ2n) is 4.72. The van der Waals surface area contributed by atoms with Crippen LogP contribution in [0.2, 0.25) is 0 Å². The summed E-state index contributed by atoms with van der Waals surface area (Å²) >= 11 is 1.36. The van der Waals surface area contributed by atoms with Crippen molar-refractivity contribution in [2.24, 2.45) is 0 Å². The number of nitrogens with zero attached hydrogens (tertiary/aromatic N) is 5. The third-order valence-electron chi connectivity index (χ3n) is 3.13. The minimum absolute atomic E-state index is 0.222. The third kappa shape index (κ3) is 2.92. The SMILES string of the molecule is O=C(Nc1nccs1)c1ccc(Oc2ccc3nncn3n2)cc1. The summed E-state index contributed by atoms with van der Waals surface area (Å²) < 4.78 is 7.19. The fourth-order valence-electron chi connectivity index (χ4n) is 2.01. The van der Waals surface area contributed by atoms with Crippen LogP contribution in [0.25, 0.3) is 5.65 Å². The summed E-state index contributed by atoms with van der Waals surface area (Å²) in [5.74, 6) is 0.753. The van der Waals surface area contributed by atoms with Gasteiger partial charge in [0.15, 0.2) is 10.8 Å². The van der Waals surface area contributed by atoms with Crippen molar-refractivity contribution in [3.05, 3.63) is 59.9 Å². The Morgan fingerprint density at radius 1 is 1.17 bits per heavy atom. The van der Waals surface area contributed by atoms with Crippen molar-refractivity contribution in [1.29, 1.82) is 0 Å². The molecule has 0 aliphatic rings. The van der Waals surface area contributed by atoms with Crippen molar-refractivity contribution in [1.82, 2.24) is 24.8 Å². The summed E-state index contributed by atoms with van der Waals surface area (Å²) in [6.45, 7) is 0. The molecule has 0 fully saturated rings. The summed E-state index contributed by atoms with van der Waals surface area (Å²) in [5.41, 5.74) is 1.15. The average Bonchev–Trinajstić information content (AvgIpc) is 3.26. The van der Waals surface area contributed by atoms with Crippen LogP contribution in [0.15, 0.2) is 54.3 Å². The number of carbonyl (C=O) groups excluding carboxylic acids is 1. The van der Waals surface area contributed by atoms with Crippen LogP contribution >= 0.6 is 11.3 Å². The highest BCUT2D eigenvalue weighted by atomic mass is 32.1. The lowest BCUT2D eigenvalue weighted by molar-refractivity contribution is 0.102. The summed E-state index contributed by atoms with van der Waals surface area (Å²) in [7, 11) is 0. The molecule has 0 radical (unpaired) electrons. The highest BCUT2D eigenvalue weighted by molar-refractivity contribution is 7.13. The van der Waals surface area contributed by atoms with Crippen LogP contribution in [-0.4, -0.2) is 30.7 Å². The second-order valence-corrected chi connectivity index (χ2v) is 5.62. The Morgan fingerprint density at radius 2 is 2.04 bits per heavy atom. The smallest absolute Gasteiger partial charge is 0.257 e. The van der Waals surface area contributed by atoms with Crippen LogP contribution in [0.4, 0.5) is 5.13 Å². The third-order valence-corrected chi connectivity index (χ3v) is 3.82. The Bertz CT molecular complexity index is 981. The summed E-state index contributed by atoms with van der Waals surface area (Å²) in [4.78, 5) is 16.1. The number of aromatic nitrogens is 5. The van der Waals surface area contributed by atoms with Crippen molar-refractivity contribution in [3.63, 3.8) is 0 Å². The van der Waals surface area contributed by atoms with Gasteiger partial charge < -0.3 is 4.74 Å². The Balaban J connectivity index is 1.47. The lowest BCUT2D eigenvalue weighted by Gasteiger charge is -2.06. The zero-order valence-corrected chi connectivity index (χ0v) is 13.0. The normalized spacial score (nSPS) is 10.7. The number of hydrogen-bond acceptors (Lipinski definition) is 7. The molecule has 1 N–H and O–H groups in total. The molecule has 1 aromatic carbocycles. The molecule has 0 saturated heterocycles. The van der Waals surface area contributed by atoms with E-state index in [-0.39, 0.29) is 5.91 Å². The standard InChI is InChI=1S/C15H10N6O2S/c22-14(18-15-16-7-8-24-15)10-1-3-11(4-2-10)23-13-6-5-12-19-17-9-21(12)20-13/h1-9H,(H,16,18,22). The molecule has 4 rings (SSSR count). The zero-order chi connectivity index (χ0) is 16.4. The largest absolute Gasteiger partial charge is 0.438 e. The van der Waals surface area contributed by atoms with E-state index in [2.05, 4.69) is 25.6 Å². The fourth-order valence-corrected chi connectivity index (χ4v) is 2.54. The van der Waals surface area contributed by atoms with Crippen LogP contribution < -0.4 is 10.1 Å². The van der Waals surface area contributed by atoms with E-state index in [4.69, 9.17) is 4.74 Å². The Morgan fingerprint density at radius 3 is 2.83 bits per heavy atom. The minimum Gasteiger partial charge on any atom is -0.438 e. The van der Waals surface area contributed by atoms with Gasteiger partial charge in [0.05, 0.1) is 0 Å². The maximum absolute atomic E-state index is 12.1. The first-order valence-corrected chi connectivity index (χ1v) is 7.82. The molecule has 0 unspecified atom stereocenters. The van der Waals surface area contributed by atoms with Gasteiger partial charge in [-0.15, -0.1) is 26.6 Å². The number of rotatable bonds is 4. The first kappa shape index (κ1) is 14.3. The van der Waals surface area contributed by atoms with Gasteiger partial charge in [-0.3, -0.25) is 10.1 Å². The first-order chi connectivity index (χ1) is 11.8. The number of ether oxygens (including phenoxy) is 1. The molecule has 0 aliphatic carbocycles. The van der Waals surface area contributed by atoms with E-state index < -0.39 is 0 Å². The first-order valence-electron chi connectivity index (χ1n) is 6.94. The topological polar surface area (TPSA) is 94.3 Å². The van der Waals surface area contributed by atoms with Gasteiger partial charge in [-0.2, -0.15) is 4.52 Å².